The summed E-state index contributed by atoms with van der Waals surface area (Å²) in [5.41, 5.74) is 0.0596. The van der Waals surface area contributed by atoms with Gasteiger partial charge in [-0.3, -0.25) is 4.90 Å². The summed E-state index contributed by atoms with van der Waals surface area (Å²) in [6.07, 6.45) is 4.34. The lowest BCUT2D eigenvalue weighted by molar-refractivity contribution is 0.0121. The van der Waals surface area contributed by atoms with Gasteiger partial charge in [-0.1, -0.05) is 6.92 Å². The molecule has 0 amide bonds. The second-order valence-corrected chi connectivity index (χ2v) is 6.05. The SMILES string of the molecule is CC[C@@H](Cn1ccnc1-c1c(OC)ccc(F)c1F)N1CCOCC1. The molecule has 0 aliphatic carbocycles. The van der Waals surface area contributed by atoms with Gasteiger partial charge in [0.25, 0.3) is 0 Å². The Morgan fingerprint density at radius 2 is 2.04 bits per heavy atom. The molecule has 2 heterocycles. The largest absolute Gasteiger partial charge is 0.496 e. The van der Waals surface area contributed by atoms with Gasteiger partial charge in [0, 0.05) is 38.1 Å². The van der Waals surface area contributed by atoms with E-state index >= 15 is 0 Å². The topological polar surface area (TPSA) is 39.5 Å². The minimum absolute atomic E-state index is 0.0596. The molecular weight excluding hydrogens is 328 g/mol. The molecule has 0 saturated carbocycles. The lowest BCUT2D eigenvalue weighted by Gasteiger charge is -2.34. The van der Waals surface area contributed by atoms with Crippen LogP contribution >= 0.6 is 0 Å². The predicted octanol–water partition coefficient (Wildman–Crippen LogP) is 2.95. The van der Waals surface area contributed by atoms with E-state index in [1.54, 1.807) is 12.4 Å². The van der Waals surface area contributed by atoms with Crippen LogP contribution in [0.25, 0.3) is 11.4 Å². The Balaban J connectivity index is 1.92. The highest BCUT2D eigenvalue weighted by Gasteiger charge is 2.24. The fraction of sp³-hybridized carbons (Fsp3) is 0.500. The second kappa shape index (κ2) is 7.93. The molecule has 0 radical (unpaired) electrons. The summed E-state index contributed by atoms with van der Waals surface area (Å²) in [5.74, 6) is -1.21. The van der Waals surface area contributed by atoms with E-state index in [1.807, 2.05) is 4.57 Å². The summed E-state index contributed by atoms with van der Waals surface area (Å²) in [5, 5.41) is 0. The van der Waals surface area contributed by atoms with Gasteiger partial charge in [-0.25, -0.2) is 13.8 Å². The van der Waals surface area contributed by atoms with Gasteiger partial charge < -0.3 is 14.0 Å². The van der Waals surface area contributed by atoms with E-state index in [4.69, 9.17) is 9.47 Å². The monoisotopic (exact) mass is 351 g/mol. The molecule has 7 heteroatoms. The van der Waals surface area contributed by atoms with E-state index in [2.05, 4.69) is 16.8 Å². The van der Waals surface area contributed by atoms with Crippen LogP contribution < -0.4 is 4.74 Å². The molecule has 2 aromatic rings. The summed E-state index contributed by atoms with van der Waals surface area (Å²) in [7, 11) is 1.44. The van der Waals surface area contributed by atoms with Crippen LogP contribution in [0, 0.1) is 11.6 Å². The predicted molar refractivity (Wildman–Crippen MR) is 90.6 cm³/mol. The van der Waals surface area contributed by atoms with Crippen LogP contribution in [0.15, 0.2) is 24.5 Å². The van der Waals surface area contributed by atoms with Gasteiger partial charge in [0.15, 0.2) is 11.6 Å². The lowest BCUT2D eigenvalue weighted by Crippen LogP contribution is -2.45. The second-order valence-electron chi connectivity index (χ2n) is 6.05. The van der Waals surface area contributed by atoms with Gasteiger partial charge in [-0.2, -0.15) is 0 Å². The molecule has 3 rings (SSSR count). The normalized spacial score (nSPS) is 16.8. The van der Waals surface area contributed by atoms with Gasteiger partial charge in [0.05, 0.1) is 25.9 Å². The Labute approximate surface area is 146 Å². The number of rotatable bonds is 6. The number of hydrogen-bond donors (Lipinski definition) is 0. The van der Waals surface area contributed by atoms with Crippen LogP contribution in [-0.4, -0.2) is 53.9 Å². The number of hydrogen-bond acceptors (Lipinski definition) is 4. The van der Waals surface area contributed by atoms with Gasteiger partial charge in [0.1, 0.15) is 11.6 Å². The van der Waals surface area contributed by atoms with Crippen molar-refractivity contribution in [2.45, 2.75) is 25.9 Å². The smallest absolute Gasteiger partial charge is 0.173 e. The third-order valence-electron chi connectivity index (χ3n) is 4.66. The van der Waals surface area contributed by atoms with Crippen LogP contribution in [0.4, 0.5) is 8.78 Å². The maximum atomic E-state index is 14.4. The van der Waals surface area contributed by atoms with Crippen molar-refractivity contribution in [3.63, 3.8) is 0 Å². The van der Waals surface area contributed by atoms with Crippen molar-refractivity contribution in [3.05, 3.63) is 36.2 Å². The first-order valence-corrected chi connectivity index (χ1v) is 8.51. The number of benzene rings is 1. The molecule has 5 nitrogen and oxygen atoms in total. The van der Waals surface area contributed by atoms with E-state index in [-0.39, 0.29) is 17.4 Å². The Morgan fingerprint density at radius 1 is 1.28 bits per heavy atom. The van der Waals surface area contributed by atoms with Crippen molar-refractivity contribution in [3.8, 4) is 17.1 Å². The van der Waals surface area contributed by atoms with Crippen LogP contribution in [0.1, 0.15) is 13.3 Å². The third kappa shape index (κ3) is 3.67. The summed E-state index contributed by atoms with van der Waals surface area (Å²) in [6.45, 7) is 5.96. The van der Waals surface area contributed by atoms with Crippen LogP contribution in [-0.2, 0) is 11.3 Å². The number of methoxy groups -OCH3 is 1. The first kappa shape index (κ1) is 17.8. The Hall–Kier alpha value is -1.99. The Bertz CT molecular complexity index is 714. The van der Waals surface area contributed by atoms with E-state index in [9.17, 15) is 8.78 Å². The molecule has 25 heavy (non-hydrogen) atoms. The highest BCUT2D eigenvalue weighted by molar-refractivity contribution is 5.65. The maximum Gasteiger partial charge on any atom is 0.173 e. The summed E-state index contributed by atoms with van der Waals surface area (Å²) < 4.78 is 40.7. The van der Waals surface area contributed by atoms with Gasteiger partial charge in [-0.15, -0.1) is 0 Å². The van der Waals surface area contributed by atoms with Crippen LogP contribution in [0.3, 0.4) is 0 Å². The highest BCUT2D eigenvalue weighted by atomic mass is 19.2. The Kier molecular flexibility index (Phi) is 5.65. The molecule has 1 aliphatic rings. The molecule has 1 saturated heterocycles. The average Bonchev–Trinajstić information content (AvgIpc) is 3.10. The van der Waals surface area contributed by atoms with Crippen molar-refractivity contribution in [1.82, 2.24) is 14.5 Å². The van der Waals surface area contributed by atoms with E-state index in [0.29, 0.717) is 12.4 Å². The van der Waals surface area contributed by atoms with Gasteiger partial charge in [0.2, 0.25) is 0 Å². The molecule has 0 unspecified atom stereocenters. The Morgan fingerprint density at radius 3 is 2.72 bits per heavy atom. The fourth-order valence-electron chi connectivity index (χ4n) is 3.27. The number of morpholine rings is 1. The molecule has 1 aromatic carbocycles. The van der Waals surface area contributed by atoms with Crippen molar-refractivity contribution in [2.75, 3.05) is 33.4 Å². The maximum absolute atomic E-state index is 14.4. The van der Waals surface area contributed by atoms with Gasteiger partial charge in [-0.05, 0) is 18.6 Å². The number of imidazole rings is 1. The lowest BCUT2D eigenvalue weighted by atomic mass is 10.1. The number of ether oxygens (including phenoxy) is 2. The van der Waals surface area contributed by atoms with Crippen LogP contribution in [0.5, 0.6) is 5.75 Å². The third-order valence-corrected chi connectivity index (χ3v) is 4.66. The standard InChI is InChI=1S/C18H23F2N3O2/c1-3-13(22-8-10-25-11-9-22)12-23-7-6-21-18(23)16-15(24-2)5-4-14(19)17(16)20/h4-7,13H,3,8-12H2,1-2H3/t13-/m0/s1. The highest BCUT2D eigenvalue weighted by Crippen LogP contribution is 2.33. The van der Waals surface area contributed by atoms with Crippen molar-refractivity contribution < 1.29 is 18.3 Å². The number of aromatic nitrogens is 2. The van der Waals surface area contributed by atoms with E-state index in [0.717, 1.165) is 38.8 Å². The molecule has 1 atom stereocenters. The van der Waals surface area contributed by atoms with Crippen LogP contribution in [0.2, 0.25) is 0 Å². The van der Waals surface area contributed by atoms with Crippen molar-refractivity contribution in [2.24, 2.45) is 0 Å². The molecule has 0 N–H and O–H groups in total. The number of halogens is 2. The molecule has 0 spiro atoms. The van der Waals surface area contributed by atoms with E-state index < -0.39 is 11.6 Å². The fourth-order valence-corrected chi connectivity index (χ4v) is 3.27. The summed E-state index contributed by atoms with van der Waals surface area (Å²) in [4.78, 5) is 6.63. The quantitative estimate of drug-likeness (QED) is 0.802. The first-order valence-electron chi connectivity index (χ1n) is 8.51. The summed E-state index contributed by atoms with van der Waals surface area (Å²) >= 11 is 0. The minimum atomic E-state index is -0.939. The minimum Gasteiger partial charge on any atom is -0.496 e. The van der Waals surface area contributed by atoms with E-state index in [1.165, 1.54) is 13.2 Å². The zero-order valence-electron chi connectivity index (χ0n) is 14.5. The number of nitrogens with zero attached hydrogens (tertiary/aromatic N) is 3. The molecule has 1 aromatic heterocycles. The van der Waals surface area contributed by atoms with Crippen molar-refractivity contribution >= 4 is 0 Å². The average molecular weight is 351 g/mol. The zero-order chi connectivity index (χ0) is 17.8. The molecule has 1 aliphatic heterocycles. The van der Waals surface area contributed by atoms with Crippen molar-refractivity contribution in [1.29, 1.82) is 0 Å². The zero-order valence-corrected chi connectivity index (χ0v) is 14.5. The molecule has 136 valence electrons. The van der Waals surface area contributed by atoms with Gasteiger partial charge >= 0.3 is 0 Å². The molecule has 0 bridgehead atoms. The molecule has 1 fully saturated rings. The molecular formula is C18H23F2N3O2. The first-order chi connectivity index (χ1) is 12.2. The summed E-state index contributed by atoms with van der Waals surface area (Å²) in [6, 6.07) is 2.76.